The van der Waals surface area contributed by atoms with Crippen molar-refractivity contribution >= 4 is 6.09 Å². The molecule has 0 aromatic heterocycles. The molecule has 0 spiro atoms. The summed E-state index contributed by atoms with van der Waals surface area (Å²) in [6.45, 7) is 5.60. The zero-order valence-electron chi connectivity index (χ0n) is 11.4. The smallest absolute Gasteiger partial charge is 0.407 e. The molecule has 1 aromatic carbocycles. The maximum absolute atomic E-state index is 13.0. The number of aliphatic hydroxyl groups excluding tert-OH is 1. The van der Waals surface area contributed by atoms with Gasteiger partial charge in [-0.1, -0.05) is 12.1 Å². The summed E-state index contributed by atoms with van der Waals surface area (Å²) >= 11 is 0. The van der Waals surface area contributed by atoms with Gasteiger partial charge in [0.05, 0.1) is 12.7 Å². The van der Waals surface area contributed by atoms with Crippen molar-refractivity contribution in [3.05, 3.63) is 35.6 Å². The predicted molar refractivity (Wildman–Crippen MR) is 70.2 cm³/mol. The highest BCUT2D eigenvalue weighted by Crippen LogP contribution is 2.17. The van der Waals surface area contributed by atoms with Crippen LogP contribution in [0.5, 0.6) is 0 Å². The molecule has 1 rings (SSSR count). The summed E-state index contributed by atoms with van der Waals surface area (Å²) in [7, 11) is 0. The van der Waals surface area contributed by atoms with Gasteiger partial charge in [0.2, 0.25) is 0 Å². The van der Waals surface area contributed by atoms with Crippen molar-refractivity contribution < 1.29 is 19.0 Å². The Morgan fingerprint density at radius 2 is 2.16 bits per heavy atom. The lowest BCUT2D eigenvalue weighted by Crippen LogP contribution is -2.41. The van der Waals surface area contributed by atoms with Crippen molar-refractivity contribution in [1.29, 1.82) is 0 Å². The number of halogens is 1. The Hall–Kier alpha value is -1.62. The van der Waals surface area contributed by atoms with Gasteiger partial charge in [-0.15, -0.1) is 0 Å². The second kappa shape index (κ2) is 6.52. The summed E-state index contributed by atoms with van der Waals surface area (Å²) in [6, 6.07) is 5.73. The third-order valence-electron chi connectivity index (χ3n) is 2.33. The summed E-state index contributed by atoms with van der Waals surface area (Å²) < 4.78 is 17.9. The first-order chi connectivity index (χ1) is 8.78. The third kappa shape index (κ3) is 6.20. The first-order valence-electron chi connectivity index (χ1n) is 6.16. The average Bonchev–Trinajstić information content (AvgIpc) is 2.26. The Labute approximate surface area is 112 Å². The lowest BCUT2D eigenvalue weighted by molar-refractivity contribution is 0.101. The molecule has 0 radical (unpaired) electrons. The van der Waals surface area contributed by atoms with Gasteiger partial charge in [0, 0.05) is 12.0 Å². The van der Waals surface area contributed by atoms with Crippen molar-refractivity contribution in [2.75, 3.05) is 6.61 Å². The molecule has 1 amide bonds. The number of hydrogen-bond acceptors (Lipinski definition) is 3. The number of ether oxygens (including phenoxy) is 1. The number of carbonyl (C=O) groups excluding carboxylic acids is 1. The largest absolute Gasteiger partial charge is 0.449 e. The first kappa shape index (κ1) is 15.4. The van der Waals surface area contributed by atoms with Crippen LogP contribution in [0.2, 0.25) is 0 Å². The van der Waals surface area contributed by atoms with Crippen LogP contribution in [-0.2, 0) is 4.74 Å². The van der Waals surface area contributed by atoms with Crippen LogP contribution in [0.1, 0.15) is 38.9 Å². The van der Waals surface area contributed by atoms with E-state index in [1.807, 2.05) is 20.8 Å². The quantitative estimate of drug-likeness (QED) is 0.883. The number of hydrogen-bond donors (Lipinski definition) is 2. The Morgan fingerprint density at radius 1 is 1.47 bits per heavy atom. The molecule has 0 saturated carbocycles. The molecule has 0 aliphatic rings. The number of rotatable bonds is 4. The van der Waals surface area contributed by atoms with Gasteiger partial charge in [-0.25, -0.2) is 9.18 Å². The molecule has 5 heteroatoms. The maximum Gasteiger partial charge on any atom is 0.407 e. The van der Waals surface area contributed by atoms with Crippen molar-refractivity contribution in [1.82, 2.24) is 5.32 Å². The van der Waals surface area contributed by atoms with E-state index >= 15 is 0 Å². The summed E-state index contributed by atoms with van der Waals surface area (Å²) in [4.78, 5) is 11.4. The second-order valence-electron chi connectivity index (χ2n) is 5.37. The molecule has 1 aromatic rings. The first-order valence-corrected chi connectivity index (χ1v) is 6.16. The van der Waals surface area contributed by atoms with Gasteiger partial charge in [-0.2, -0.15) is 0 Å². The van der Waals surface area contributed by atoms with E-state index in [1.165, 1.54) is 18.2 Å². The fraction of sp³-hybridized carbons (Fsp3) is 0.500. The number of amides is 1. The fourth-order valence-corrected chi connectivity index (χ4v) is 1.49. The van der Waals surface area contributed by atoms with E-state index in [0.717, 1.165) is 0 Å². The molecule has 0 aliphatic heterocycles. The van der Waals surface area contributed by atoms with E-state index in [2.05, 4.69) is 5.32 Å². The topological polar surface area (TPSA) is 58.6 Å². The highest BCUT2D eigenvalue weighted by atomic mass is 19.1. The van der Waals surface area contributed by atoms with Gasteiger partial charge in [0.25, 0.3) is 0 Å². The molecule has 0 unspecified atom stereocenters. The van der Waals surface area contributed by atoms with Crippen LogP contribution in [0.3, 0.4) is 0 Å². The van der Waals surface area contributed by atoms with Crippen molar-refractivity contribution in [3.8, 4) is 0 Å². The molecule has 0 saturated heterocycles. The van der Waals surface area contributed by atoms with Gasteiger partial charge in [0.15, 0.2) is 0 Å². The minimum absolute atomic E-state index is 0.0690. The number of alkyl carbamates (subject to hydrolysis) is 1. The Morgan fingerprint density at radius 3 is 2.74 bits per heavy atom. The van der Waals surface area contributed by atoms with Crippen LogP contribution in [0.4, 0.5) is 9.18 Å². The Kier molecular flexibility index (Phi) is 5.30. The molecule has 0 bridgehead atoms. The molecule has 106 valence electrons. The van der Waals surface area contributed by atoms with E-state index in [-0.39, 0.29) is 18.6 Å². The third-order valence-corrected chi connectivity index (χ3v) is 2.33. The molecule has 2 N–H and O–H groups in total. The van der Waals surface area contributed by atoms with E-state index < -0.39 is 18.0 Å². The van der Waals surface area contributed by atoms with Crippen LogP contribution >= 0.6 is 0 Å². The zero-order chi connectivity index (χ0) is 14.5. The van der Waals surface area contributed by atoms with Crippen LogP contribution in [-0.4, -0.2) is 23.3 Å². The number of benzene rings is 1. The monoisotopic (exact) mass is 269 g/mol. The van der Waals surface area contributed by atoms with Gasteiger partial charge in [-0.05, 0) is 38.5 Å². The Balaban J connectivity index is 2.35. The van der Waals surface area contributed by atoms with Gasteiger partial charge < -0.3 is 15.2 Å². The molecular weight excluding hydrogens is 249 g/mol. The van der Waals surface area contributed by atoms with Crippen LogP contribution < -0.4 is 5.32 Å². The summed E-state index contributed by atoms with van der Waals surface area (Å²) in [5.41, 5.74) is 0.109. The molecular formula is C14H20FNO3. The molecule has 1 atom stereocenters. The lowest BCUT2D eigenvalue weighted by Gasteiger charge is -2.20. The second-order valence-corrected chi connectivity index (χ2v) is 5.37. The summed E-state index contributed by atoms with van der Waals surface area (Å²) in [5.74, 6) is -0.400. The molecule has 0 aliphatic carbocycles. The van der Waals surface area contributed by atoms with Crippen molar-refractivity contribution in [2.24, 2.45) is 0 Å². The van der Waals surface area contributed by atoms with E-state index in [1.54, 1.807) is 6.07 Å². The van der Waals surface area contributed by atoms with Crippen molar-refractivity contribution in [2.45, 2.75) is 38.8 Å². The minimum atomic E-state index is -0.849. The highest BCUT2D eigenvalue weighted by molar-refractivity contribution is 5.68. The van der Waals surface area contributed by atoms with Crippen molar-refractivity contribution in [3.63, 3.8) is 0 Å². The predicted octanol–water partition coefficient (Wildman–Crippen LogP) is 2.77. The lowest BCUT2D eigenvalue weighted by atomic mass is 10.1. The number of carbonyl (C=O) groups is 1. The van der Waals surface area contributed by atoms with E-state index in [0.29, 0.717) is 5.56 Å². The zero-order valence-corrected chi connectivity index (χ0v) is 11.4. The fourth-order valence-electron chi connectivity index (χ4n) is 1.49. The summed E-state index contributed by atoms with van der Waals surface area (Å²) in [5, 5.41) is 12.5. The molecule has 0 fully saturated rings. The SMILES string of the molecule is CC(C)(C)NC(=O)OCC[C@H](O)c1cccc(F)c1. The highest BCUT2D eigenvalue weighted by Gasteiger charge is 2.15. The number of aliphatic hydroxyl groups is 1. The average molecular weight is 269 g/mol. The van der Waals surface area contributed by atoms with Crippen LogP contribution in [0.15, 0.2) is 24.3 Å². The minimum Gasteiger partial charge on any atom is -0.449 e. The standard InChI is InChI=1S/C14H20FNO3/c1-14(2,3)16-13(18)19-8-7-12(17)10-5-4-6-11(15)9-10/h4-6,9,12,17H,7-8H2,1-3H3,(H,16,18)/t12-/m0/s1. The van der Waals surface area contributed by atoms with Gasteiger partial charge in [0.1, 0.15) is 5.82 Å². The Bertz CT molecular complexity index is 429. The molecule has 4 nitrogen and oxygen atoms in total. The maximum atomic E-state index is 13.0. The van der Waals surface area contributed by atoms with E-state index in [4.69, 9.17) is 4.74 Å². The number of nitrogens with one attached hydrogen (secondary N) is 1. The van der Waals surface area contributed by atoms with Crippen LogP contribution in [0, 0.1) is 5.82 Å². The summed E-state index contributed by atoms with van der Waals surface area (Å²) in [6.07, 6.45) is -1.15. The molecule has 19 heavy (non-hydrogen) atoms. The van der Waals surface area contributed by atoms with Gasteiger partial charge in [-0.3, -0.25) is 0 Å². The molecule has 0 heterocycles. The van der Waals surface area contributed by atoms with Crippen LogP contribution in [0.25, 0.3) is 0 Å². The van der Waals surface area contributed by atoms with Gasteiger partial charge >= 0.3 is 6.09 Å². The normalized spacial score (nSPS) is 12.9. The van der Waals surface area contributed by atoms with E-state index in [9.17, 15) is 14.3 Å².